The van der Waals surface area contributed by atoms with Crippen molar-refractivity contribution in [3.8, 4) is 0 Å². The Labute approximate surface area is 92.1 Å². The van der Waals surface area contributed by atoms with Crippen molar-refractivity contribution in [3.05, 3.63) is 35.4 Å². The number of rotatable bonds is 3. The molecule has 0 bridgehead atoms. The lowest BCUT2D eigenvalue weighted by atomic mass is 9.92. The molecule has 90 valence electrons. The second kappa shape index (κ2) is 4.43. The number of nitrogens with one attached hydrogen (secondary N) is 1. The number of halogens is 3. The van der Waals surface area contributed by atoms with Crippen LogP contribution in [0.1, 0.15) is 11.1 Å². The maximum Gasteiger partial charge on any atom is 0.422 e. The number of hydrogen-bond acceptors (Lipinski definition) is 2. The first-order valence-electron chi connectivity index (χ1n) is 4.82. The van der Waals surface area contributed by atoms with Gasteiger partial charge in [-0.15, -0.1) is 0 Å². The largest absolute Gasteiger partial charge is 0.422 e. The lowest BCUT2D eigenvalue weighted by molar-refractivity contribution is -0.264. The molecule has 1 atom stereocenters. The van der Waals surface area contributed by atoms with Crippen LogP contribution < -0.4 is 5.32 Å². The van der Waals surface area contributed by atoms with Gasteiger partial charge in [0, 0.05) is 6.54 Å². The zero-order chi connectivity index (χ0) is 12.4. The van der Waals surface area contributed by atoms with Crippen LogP contribution in [0.25, 0.3) is 0 Å². The normalized spacial score (nSPS) is 15.9. The van der Waals surface area contributed by atoms with Crippen LogP contribution in [-0.2, 0) is 5.60 Å². The highest BCUT2D eigenvalue weighted by Gasteiger charge is 2.54. The van der Waals surface area contributed by atoms with E-state index < -0.39 is 18.3 Å². The van der Waals surface area contributed by atoms with Crippen LogP contribution in [0.3, 0.4) is 0 Å². The van der Waals surface area contributed by atoms with Crippen molar-refractivity contribution in [2.75, 3.05) is 13.6 Å². The molecule has 0 saturated heterocycles. The van der Waals surface area contributed by atoms with E-state index >= 15 is 0 Å². The first-order chi connectivity index (χ1) is 7.31. The number of alkyl halides is 3. The van der Waals surface area contributed by atoms with Crippen molar-refractivity contribution < 1.29 is 18.3 Å². The Hall–Kier alpha value is -1.07. The smallest absolute Gasteiger partial charge is 0.375 e. The Kier molecular flexibility index (Phi) is 3.60. The van der Waals surface area contributed by atoms with Crippen molar-refractivity contribution in [2.45, 2.75) is 18.7 Å². The molecular formula is C11H14F3NO. The molecule has 1 aromatic rings. The molecular weight excluding hydrogens is 219 g/mol. The predicted molar refractivity (Wildman–Crippen MR) is 55.1 cm³/mol. The molecule has 0 spiro atoms. The second-order valence-electron chi connectivity index (χ2n) is 3.75. The van der Waals surface area contributed by atoms with Gasteiger partial charge in [-0.25, -0.2) is 0 Å². The van der Waals surface area contributed by atoms with E-state index in [4.69, 9.17) is 0 Å². The zero-order valence-electron chi connectivity index (χ0n) is 9.10. The third-order valence-electron chi connectivity index (χ3n) is 2.43. The van der Waals surface area contributed by atoms with E-state index in [1.165, 1.54) is 19.2 Å². The third-order valence-corrected chi connectivity index (χ3v) is 2.43. The molecule has 0 radical (unpaired) electrons. The van der Waals surface area contributed by atoms with Crippen molar-refractivity contribution >= 4 is 0 Å². The van der Waals surface area contributed by atoms with Crippen LogP contribution >= 0.6 is 0 Å². The summed E-state index contributed by atoms with van der Waals surface area (Å²) in [5.74, 6) is 0. The zero-order valence-corrected chi connectivity index (χ0v) is 9.10. The van der Waals surface area contributed by atoms with E-state index in [1.54, 1.807) is 19.1 Å². The minimum Gasteiger partial charge on any atom is -0.375 e. The summed E-state index contributed by atoms with van der Waals surface area (Å²) in [4.78, 5) is 0. The molecule has 0 aromatic heterocycles. The standard InChI is InChI=1S/C11H14F3NO/c1-8-3-5-9(6-4-8)10(16,7-15-2)11(12,13)14/h3-6,15-16H,7H2,1-2H3. The van der Waals surface area contributed by atoms with E-state index in [9.17, 15) is 18.3 Å². The topological polar surface area (TPSA) is 32.3 Å². The highest BCUT2D eigenvalue weighted by atomic mass is 19.4. The minimum absolute atomic E-state index is 0.153. The average molecular weight is 233 g/mol. The number of hydrogen-bond donors (Lipinski definition) is 2. The van der Waals surface area contributed by atoms with Gasteiger partial charge in [-0.3, -0.25) is 0 Å². The molecule has 0 fully saturated rings. The number of likely N-dealkylation sites (N-methyl/N-ethyl adjacent to an activating group) is 1. The van der Waals surface area contributed by atoms with Crippen LogP contribution in [0.2, 0.25) is 0 Å². The molecule has 0 aliphatic heterocycles. The summed E-state index contributed by atoms with van der Waals surface area (Å²) in [5.41, 5.74) is -2.15. The van der Waals surface area contributed by atoms with Crippen molar-refractivity contribution in [1.29, 1.82) is 0 Å². The van der Waals surface area contributed by atoms with Crippen LogP contribution in [-0.4, -0.2) is 24.9 Å². The van der Waals surface area contributed by atoms with Crippen LogP contribution in [0.15, 0.2) is 24.3 Å². The SMILES string of the molecule is CNCC(O)(c1ccc(C)cc1)C(F)(F)F. The fourth-order valence-corrected chi connectivity index (χ4v) is 1.45. The van der Waals surface area contributed by atoms with E-state index in [-0.39, 0.29) is 5.56 Å². The molecule has 0 aliphatic rings. The first-order valence-corrected chi connectivity index (χ1v) is 4.82. The molecule has 0 saturated carbocycles. The van der Waals surface area contributed by atoms with Gasteiger partial charge in [0.25, 0.3) is 0 Å². The summed E-state index contributed by atoms with van der Waals surface area (Å²) in [6, 6.07) is 5.67. The number of benzene rings is 1. The Bertz CT molecular complexity index is 347. The lowest BCUT2D eigenvalue weighted by Crippen LogP contribution is -2.49. The lowest BCUT2D eigenvalue weighted by Gasteiger charge is -2.30. The Morgan fingerprint density at radius 2 is 1.69 bits per heavy atom. The fraction of sp³-hybridized carbons (Fsp3) is 0.455. The van der Waals surface area contributed by atoms with Crippen molar-refractivity contribution in [3.63, 3.8) is 0 Å². The van der Waals surface area contributed by atoms with E-state index in [2.05, 4.69) is 5.32 Å². The molecule has 2 nitrogen and oxygen atoms in total. The molecule has 1 aromatic carbocycles. The number of aryl methyl sites for hydroxylation is 1. The van der Waals surface area contributed by atoms with E-state index in [0.717, 1.165) is 5.56 Å². The van der Waals surface area contributed by atoms with Gasteiger partial charge in [0.05, 0.1) is 0 Å². The number of aliphatic hydroxyl groups is 1. The Morgan fingerprint density at radius 1 is 1.19 bits per heavy atom. The molecule has 2 N–H and O–H groups in total. The van der Waals surface area contributed by atoms with Crippen molar-refractivity contribution in [2.24, 2.45) is 0 Å². The molecule has 0 amide bonds. The first kappa shape index (κ1) is 13.0. The molecule has 1 unspecified atom stereocenters. The molecule has 16 heavy (non-hydrogen) atoms. The maximum atomic E-state index is 12.8. The van der Waals surface area contributed by atoms with Gasteiger partial charge in [-0.05, 0) is 19.5 Å². The molecule has 0 aliphatic carbocycles. The summed E-state index contributed by atoms with van der Waals surface area (Å²) in [6.45, 7) is 1.20. The molecule has 1 rings (SSSR count). The highest BCUT2D eigenvalue weighted by molar-refractivity contribution is 5.28. The summed E-state index contributed by atoms with van der Waals surface area (Å²) in [7, 11) is 1.37. The summed E-state index contributed by atoms with van der Waals surface area (Å²) >= 11 is 0. The van der Waals surface area contributed by atoms with E-state index in [1.807, 2.05) is 0 Å². The van der Waals surface area contributed by atoms with Gasteiger partial charge in [-0.2, -0.15) is 13.2 Å². The third kappa shape index (κ3) is 2.36. The van der Waals surface area contributed by atoms with Gasteiger partial charge < -0.3 is 10.4 Å². The van der Waals surface area contributed by atoms with Crippen molar-refractivity contribution in [1.82, 2.24) is 5.32 Å². The van der Waals surface area contributed by atoms with Crippen LogP contribution in [0.4, 0.5) is 13.2 Å². The van der Waals surface area contributed by atoms with Gasteiger partial charge in [-0.1, -0.05) is 29.8 Å². The fourth-order valence-electron chi connectivity index (χ4n) is 1.45. The highest BCUT2D eigenvalue weighted by Crippen LogP contribution is 2.38. The van der Waals surface area contributed by atoms with Crippen LogP contribution in [0, 0.1) is 6.92 Å². The van der Waals surface area contributed by atoms with Gasteiger partial charge in [0.1, 0.15) is 0 Å². The van der Waals surface area contributed by atoms with Gasteiger partial charge >= 0.3 is 6.18 Å². The van der Waals surface area contributed by atoms with Crippen LogP contribution in [0.5, 0.6) is 0 Å². The molecule has 0 heterocycles. The Balaban J connectivity index is 3.16. The summed E-state index contributed by atoms with van der Waals surface area (Å²) < 4.78 is 38.4. The van der Waals surface area contributed by atoms with Gasteiger partial charge in [0.2, 0.25) is 0 Å². The van der Waals surface area contributed by atoms with Gasteiger partial charge in [0.15, 0.2) is 5.60 Å². The monoisotopic (exact) mass is 233 g/mol. The quantitative estimate of drug-likeness (QED) is 0.836. The Morgan fingerprint density at radius 3 is 2.06 bits per heavy atom. The van der Waals surface area contributed by atoms with E-state index in [0.29, 0.717) is 0 Å². The maximum absolute atomic E-state index is 12.8. The average Bonchev–Trinajstić information content (AvgIpc) is 2.17. The predicted octanol–water partition coefficient (Wildman–Crippen LogP) is 1.96. The summed E-state index contributed by atoms with van der Waals surface area (Å²) in [5, 5.41) is 12.1. The second-order valence-corrected chi connectivity index (χ2v) is 3.75. The molecule has 5 heteroatoms. The minimum atomic E-state index is -4.70. The summed E-state index contributed by atoms with van der Waals surface area (Å²) in [6.07, 6.45) is -4.70.